The van der Waals surface area contributed by atoms with E-state index in [-0.39, 0.29) is 0 Å². The van der Waals surface area contributed by atoms with Gasteiger partial charge in [0.25, 0.3) is 0 Å². The third kappa shape index (κ3) is 3.83. The molecule has 0 amide bonds. The van der Waals surface area contributed by atoms with E-state index in [4.69, 9.17) is 0 Å². The maximum Gasteiger partial charge on any atom is 0.0206 e. The molecule has 1 N–H and O–H groups in total. The maximum atomic E-state index is 3.60. The first-order valence-corrected chi connectivity index (χ1v) is 8.33. The Labute approximate surface area is 123 Å². The molecule has 2 saturated carbocycles. The number of likely N-dealkylation sites (N-methyl/N-ethyl adjacent to an activating group) is 1. The van der Waals surface area contributed by atoms with Crippen molar-refractivity contribution in [3.63, 3.8) is 0 Å². The highest BCUT2D eigenvalue weighted by Crippen LogP contribution is 2.40. The summed E-state index contributed by atoms with van der Waals surface area (Å²) in [6.07, 6.45) is 8.44. The van der Waals surface area contributed by atoms with Crippen molar-refractivity contribution in [2.75, 3.05) is 20.1 Å². The monoisotopic (exact) mass is 272 g/mol. The van der Waals surface area contributed by atoms with Crippen LogP contribution in [0.2, 0.25) is 0 Å². The molecule has 0 saturated heterocycles. The van der Waals surface area contributed by atoms with Crippen LogP contribution >= 0.6 is 0 Å². The molecule has 0 atom stereocenters. The van der Waals surface area contributed by atoms with Gasteiger partial charge in [0, 0.05) is 25.7 Å². The molecule has 1 aromatic rings. The van der Waals surface area contributed by atoms with Crippen LogP contribution in [0, 0.1) is 0 Å². The number of nitrogens with one attached hydrogen (secondary N) is 1. The van der Waals surface area contributed by atoms with Crippen molar-refractivity contribution in [1.82, 2.24) is 10.2 Å². The average molecular weight is 272 g/mol. The summed E-state index contributed by atoms with van der Waals surface area (Å²) in [7, 11) is 2.28. The van der Waals surface area contributed by atoms with Crippen molar-refractivity contribution in [2.24, 2.45) is 0 Å². The predicted molar refractivity (Wildman–Crippen MR) is 85.0 cm³/mol. The smallest absolute Gasteiger partial charge is 0.0206 e. The van der Waals surface area contributed by atoms with Crippen LogP contribution in [0.25, 0.3) is 0 Å². The van der Waals surface area contributed by atoms with E-state index in [1.165, 1.54) is 50.6 Å². The van der Waals surface area contributed by atoms with E-state index >= 15 is 0 Å². The molecule has 0 radical (unpaired) electrons. The Morgan fingerprint density at radius 1 is 1.15 bits per heavy atom. The average Bonchev–Trinajstić information content (AvgIpc) is 3.18. The molecule has 0 aliphatic heterocycles. The Hall–Kier alpha value is -0.860. The van der Waals surface area contributed by atoms with Gasteiger partial charge in [-0.25, -0.2) is 0 Å². The Morgan fingerprint density at radius 2 is 1.95 bits per heavy atom. The maximum absolute atomic E-state index is 3.60. The molecule has 3 rings (SSSR count). The lowest BCUT2D eigenvalue weighted by atomic mass is 10.1. The molecule has 20 heavy (non-hydrogen) atoms. The quantitative estimate of drug-likeness (QED) is 0.764. The van der Waals surface area contributed by atoms with Crippen LogP contribution in [0.3, 0.4) is 0 Å². The van der Waals surface area contributed by atoms with Crippen LogP contribution in [0.4, 0.5) is 0 Å². The number of rotatable bonds is 7. The van der Waals surface area contributed by atoms with Crippen molar-refractivity contribution < 1.29 is 0 Å². The van der Waals surface area contributed by atoms with Gasteiger partial charge >= 0.3 is 0 Å². The van der Waals surface area contributed by atoms with Crippen molar-refractivity contribution in [3.8, 4) is 0 Å². The van der Waals surface area contributed by atoms with Gasteiger partial charge in [0.15, 0.2) is 0 Å². The zero-order valence-electron chi connectivity index (χ0n) is 12.8. The fourth-order valence-electron chi connectivity index (χ4n) is 3.39. The van der Waals surface area contributed by atoms with E-state index < -0.39 is 0 Å². The summed E-state index contributed by atoms with van der Waals surface area (Å²) in [5, 5.41) is 3.60. The van der Waals surface area contributed by atoms with Crippen LogP contribution in [0.15, 0.2) is 24.3 Å². The standard InChI is InChI=1S/C18H28N2/c1-20(18-7-2-3-8-18)12-11-19-14-15-5-4-6-17(13-15)16-9-10-16/h4-6,13,16,18-19H,2-3,7-12,14H2,1H3. The molecule has 0 bridgehead atoms. The van der Waals surface area contributed by atoms with Gasteiger partial charge in [-0.15, -0.1) is 0 Å². The van der Waals surface area contributed by atoms with Crippen LogP contribution < -0.4 is 5.32 Å². The van der Waals surface area contributed by atoms with Crippen LogP contribution in [0.1, 0.15) is 55.6 Å². The minimum atomic E-state index is 0.843. The van der Waals surface area contributed by atoms with E-state index in [0.29, 0.717) is 0 Å². The lowest BCUT2D eigenvalue weighted by Crippen LogP contribution is -2.35. The largest absolute Gasteiger partial charge is 0.311 e. The van der Waals surface area contributed by atoms with Crippen LogP contribution in [-0.2, 0) is 6.54 Å². The molecule has 2 fully saturated rings. The zero-order chi connectivity index (χ0) is 13.8. The highest BCUT2D eigenvalue weighted by atomic mass is 15.1. The van der Waals surface area contributed by atoms with Gasteiger partial charge in [-0.05, 0) is 49.8 Å². The van der Waals surface area contributed by atoms with Gasteiger partial charge in [0.1, 0.15) is 0 Å². The van der Waals surface area contributed by atoms with E-state index in [9.17, 15) is 0 Å². The molecule has 2 aliphatic carbocycles. The SMILES string of the molecule is CN(CCNCc1cccc(C2CC2)c1)C1CCCC1. The minimum Gasteiger partial charge on any atom is -0.311 e. The summed E-state index contributed by atoms with van der Waals surface area (Å²) in [6.45, 7) is 3.28. The summed E-state index contributed by atoms with van der Waals surface area (Å²) in [4.78, 5) is 2.54. The molecular weight excluding hydrogens is 244 g/mol. The van der Waals surface area contributed by atoms with Gasteiger partial charge in [-0.1, -0.05) is 37.1 Å². The van der Waals surface area contributed by atoms with Gasteiger partial charge in [-0.2, -0.15) is 0 Å². The molecule has 0 unspecified atom stereocenters. The molecule has 2 heteroatoms. The predicted octanol–water partition coefficient (Wildman–Crippen LogP) is 3.53. The summed E-state index contributed by atoms with van der Waals surface area (Å²) >= 11 is 0. The number of hydrogen-bond donors (Lipinski definition) is 1. The van der Waals surface area contributed by atoms with Gasteiger partial charge in [0.2, 0.25) is 0 Å². The number of benzene rings is 1. The Kier molecular flexibility index (Phi) is 4.74. The second kappa shape index (κ2) is 6.73. The molecule has 110 valence electrons. The molecule has 0 heterocycles. The first kappa shape index (κ1) is 14.1. The minimum absolute atomic E-state index is 0.843. The second-order valence-electron chi connectivity index (χ2n) is 6.61. The highest BCUT2D eigenvalue weighted by Gasteiger charge is 2.23. The van der Waals surface area contributed by atoms with E-state index in [2.05, 4.69) is 41.5 Å². The first-order chi connectivity index (χ1) is 9.83. The normalized spacial score (nSPS) is 19.9. The summed E-state index contributed by atoms with van der Waals surface area (Å²) in [5.74, 6) is 0.864. The van der Waals surface area contributed by atoms with Crippen molar-refractivity contribution in [1.29, 1.82) is 0 Å². The molecule has 2 nitrogen and oxygen atoms in total. The highest BCUT2D eigenvalue weighted by molar-refractivity contribution is 5.29. The molecule has 0 spiro atoms. The van der Waals surface area contributed by atoms with Crippen LogP contribution in [0.5, 0.6) is 0 Å². The second-order valence-corrected chi connectivity index (χ2v) is 6.61. The first-order valence-electron chi connectivity index (χ1n) is 8.33. The van der Waals surface area contributed by atoms with Gasteiger partial charge < -0.3 is 10.2 Å². The Balaban J connectivity index is 1.37. The molecule has 2 aliphatic rings. The third-order valence-electron chi connectivity index (χ3n) is 4.92. The van der Waals surface area contributed by atoms with Crippen molar-refractivity contribution in [3.05, 3.63) is 35.4 Å². The van der Waals surface area contributed by atoms with E-state index in [1.54, 1.807) is 5.56 Å². The van der Waals surface area contributed by atoms with E-state index in [0.717, 1.165) is 25.0 Å². The molecular formula is C18H28N2. The van der Waals surface area contributed by atoms with Crippen LogP contribution in [-0.4, -0.2) is 31.1 Å². The topological polar surface area (TPSA) is 15.3 Å². The molecule has 0 aromatic heterocycles. The van der Waals surface area contributed by atoms with Gasteiger partial charge in [0.05, 0.1) is 0 Å². The Bertz CT molecular complexity index is 419. The summed E-state index contributed by atoms with van der Waals surface area (Å²) < 4.78 is 0. The molecule has 1 aromatic carbocycles. The van der Waals surface area contributed by atoms with Gasteiger partial charge in [-0.3, -0.25) is 0 Å². The fraction of sp³-hybridized carbons (Fsp3) is 0.667. The lowest BCUT2D eigenvalue weighted by molar-refractivity contribution is 0.245. The Morgan fingerprint density at radius 3 is 2.70 bits per heavy atom. The number of nitrogens with zero attached hydrogens (tertiary/aromatic N) is 1. The summed E-state index contributed by atoms with van der Waals surface area (Å²) in [5.41, 5.74) is 2.99. The van der Waals surface area contributed by atoms with Crippen molar-refractivity contribution >= 4 is 0 Å². The number of hydrogen-bond acceptors (Lipinski definition) is 2. The fourth-order valence-corrected chi connectivity index (χ4v) is 3.39. The lowest BCUT2D eigenvalue weighted by Gasteiger charge is -2.24. The summed E-state index contributed by atoms with van der Waals surface area (Å²) in [6, 6.07) is 9.99. The van der Waals surface area contributed by atoms with Crippen molar-refractivity contribution in [2.45, 2.75) is 57.0 Å². The van der Waals surface area contributed by atoms with E-state index in [1.807, 2.05) is 0 Å². The third-order valence-corrected chi connectivity index (χ3v) is 4.92. The zero-order valence-corrected chi connectivity index (χ0v) is 12.8.